The average molecular weight is 392 g/mol. The molecular weight excluding hydrogens is 372 g/mol. The Kier molecular flexibility index (Phi) is 5.26. The lowest BCUT2D eigenvalue weighted by Gasteiger charge is -2.34. The largest absolute Gasteiger partial charge is 0.508 e. The van der Waals surface area contributed by atoms with Gasteiger partial charge in [-0.1, -0.05) is 42.5 Å². The smallest absolute Gasteiger partial charge is 0.313 e. The predicted molar refractivity (Wildman–Crippen MR) is 109 cm³/mol. The number of hydrogen-bond acceptors (Lipinski definition) is 4. The number of phenols is 1. The Labute approximate surface area is 167 Å². The number of thioether (sulfide) groups is 1. The molecule has 1 aliphatic heterocycles. The van der Waals surface area contributed by atoms with Gasteiger partial charge in [0.25, 0.3) is 0 Å². The van der Waals surface area contributed by atoms with E-state index in [-0.39, 0.29) is 23.3 Å². The normalized spacial score (nSPS) is 18.1. The topological polar surface area (TPSA) is 66.8 Å². The van der Waals surface area contributed by atoms with E-state index in [2.05, 4.69) is 12.1 Å². The molecule has 2 atom stereocenters. The van der Waals surface area contributed by atoms with E-state index in [0.29, 0.717) is 6.61 Å². The first-order chi connectivity index (χ1) is 13.6. The standard InChI is InChI=1S/C23H20O4S/c24-17-8-11-21-19(12-17)23(20(13-27-21)15-4-2-1-3-5-15)16-6-9-18(10-7-16)28-14-22(25)26/h1-12,20,23-24H,13-14H2,(H,25,26)/t20-,23?/m1/s1. The van der Waals surface area contributed by atoms with Gasteiger partial charge in [0, 0.05) is 22.3 Å². The molecule has 0 saturated heterocycles. The lowest BCUT2D eigenvalue weighted by atomic mass is 9.76. The van der Waals surface area contributed by atoms with Crippen LogP contribution in [0.4, 0.5) is 0 Å². The molecule has 0 aromatic heterocycles. The molecular formula is C23H20O4S. The molecule has 3 aromatic rings. The molecule has 5 heteroatoms. The summed E-state index contributed by atoms with van der Waals surface area (Å²) in [6.45, 7) is 0.558. The van der Waals surface area contributed by atoms with Crippen molar-refractivity contribution in [1.29, 1.82) is 0 Å². The molecule has 0 radical (unpaired) electrons. The van der Waals surface area contributed by atoms with Gasteiger partial charge in [0.2, 0.25) is 0 Å². The Balaban J connectivity index is 1.73. The minimum atomic E-state index is -0.827. The SMILES string of the molecule is O=C(O)CSc1ccc(C2c3cc(O)ccc3OC[C@@H]2c2ccccc2)cc1. The summed E-state index contributed by atoms with van der Waals surface area (Å²) in [5.41, 5.74) is 3.26. The first-order valence-electron chi connectivity index (χ1n) is 9.07. The minimum Gasteiger partial charge on any atom is -0.508 e. The van der Waals surface area contributed by atoms with E-state index >= 15 is 0 Å². The fraction of sp³-hybridized carbons (Fsp3) is 0.174. The zero-order chi connectivity index (χ0) is 19.5. The Bertz CT molecular complexity index is 970. The van der Waals surface area contributed by atoms with Crippen molar-refractivity contribution in [3.05, 3.63) is 89.5 Å². The summed E-state index contributed by atoms with van der Waals surface area (Å²) in [6, 6.07) is 23.5. The summed E-state index contributed by atoms with van der Waals surface area (Å²) in [5, 5.41) is 18.9. The van der Waals surface area contributed by atoms with Crippen molar-refractivity contribution >= 4 is 17.7 Å². The lowest BCUT2D eigenvalue weighted by Crippen LogP contribution is -2.25. The number of ether oxygens (including phenoxy) is 1. The molecule has 142 valence electrons. The van der Waals surface area contributed by atoms with Crippen LogP contribution in [-0.4, -0.2) is 28.5 Å². The average Bonchev–Trinajstić information content (AvgIpc) is 2.72. The van der Waals surface area contributed by atoms with Crippen LogP contribution >= 0.6 is 11.8 Å². The fourth-order valence-electron chi connectivity index (χ4n) is 3.72. The molecule has 1 unspecified atom stereocenters. The molecule has 0 aliphatic carbocycles. The molecule has 1 aliphatic rings. The summed E-state index contributed by atoms with van der Waals surface area (Å²) in [7, 11) is 0. The number of carboxylic acid groups (broad SMARTS) is 1. The maximum Gasteiger partial charge on any atom is 0.313 e. The van der Waals surface area contributed by atoms with E-state index in [0.717, 1.165) is 21.8 Å². The van der Waals surface area contributed by atoms with Crippen molar-refractivity contribution in [1.82, 2.24) is 0 Å². The second-order valence-electron chi connectivity index (χ2n) is 6.78. The molecule has 4 rings (SSSR count). The Morgan fingerprint density at radius 2 is 1.75 bits per heavy atom. The van der Waals surface area contributed by atoms with Gasteiger partial charge in [-0.05, 0) is 41.5 Å². The summed E-state index contributed by atoms with van der Waals surface area (Å²) < 4.78 is 6.01. The van der Waals surface area contributed by atoms with E-state index in [1.807, 2.05) is 48.5 Å². The molecule has 0 amide bonds. The number of hydrogen-bond donors (Lipinski definition) is 2. The Morgan fingerprint density at radius 1 is 1.00 bits per heavy atom. The minimum absolute atomic E-state index is 0.0387. The van der Waals surface area contributed by atoms with Crippen molar-refractivity contribution in [3.8, 4) is 11.5 Å². The van der Waals surface area contributed by atoms with Gasteiger partial charge in [-0.3, -0.25) is 4.79 Å². The van der Waals surface area contributed by atoms with Crippen molar-refractivity contribution in [2.45, 2.75) is 16.7 Å². The van der Waals surface area contributed by atoms with Crippen LogP contribution in [0.25, 0.3) is 0 Å². The van der Waals surface area contributed by atoms with Crippen LogP contribution in [0.2, 0.25) is 0 Å². The summed E-state index contributed by atoms with van der Waals surface area (Å²) in [5.74, 6) is 0.380. The number of benzene rings is 3. The van der Waals surface area contributed by atoms with Crippen LogP contribution in [0.15, 0.2) is 77.7 Å². The second kappa shape index (κ2) is 7.98. The molecule has 28 heavy (non-hydrogen) atoms. The van der Waals surface area contributed by atoms with Crippen molar-refractivity contribution in [2.75, 3.05) is 12.4 Å². The van der Waals surface area contributed by atoms with E-state index in [4.69, 9.17) is 9.84 Å². The highest BCUT2D eigenvalue weighted by Crippen LogP contribution is 2.47. The molecule has 4 nitrogen and oxygen atoms in total. The first-order valence-corrected chi connectivity index (χ1v) is 10.1. The number of phenolic OH excluding ortho intramolecular Hbond substituents is 1. The summed E-state index contributed by atoms with van der Waals surface area (Å²) in [4.78, 5) is 11.7. The van der Waals surface area contributed by atoms with E-state index in [1.165, 1.54) is 17.3 Å². The van der Waals surface area contributed by atoms with Gasteiger partial charge in [-0.25, -0.2) is 0 Å². The van der Waals surface area contributed by atoms with Crippen molar-refractivity contribution < 1.29 is 19.7 Å². The summed E-state index contributed by atoms with van der Waals surface area (Å²) >= 11 is 1.30. The molecule has 0 spiro atoms. The monoisotopic (exact) mass is 392 g/mol. The van der Waals surface area contributed by atoms with Crippen molar-refractivity contribution in [2.24, 2.45) is 0 Å². The highest BCUT2D eigenvalue weighted by atomic mass is 32.2. The maximum absolute atomic E-state index is 10.8. The number of fused-ring (bicyclic) bond motifs is 1. The number of aromatic hydroxyl groups is 1. The third-order valence-corrected chi connectivity index (χ3v) is 5.98. The van der Waals surface area contributed by atoms with Gasteiger partial charge >= 0.3 is 5.97 Å². The van der Waals surface area contributed by atoms with Crippen LogP contribution in [0, 0.1) is 0 Å². The molecule has 3 aromatic carbocycles. The van der Waals surface area contributed by atoms with E-state index in [9.17, 15) is 9.90 Å². The highest BCUT2D eigenvalue weighted by molar-refractivity contribution is 8.00. The molecule has 0 bridgehead atoms. The highest BCUT2D eigenvalue weighted by Gasteiger charge is 2.33. The molecule has 0 saturated carbocycles. The second-order valence-corrected chi connectivity index (χ2v) is 7.83. The molecule has 1 heterocycles. The Hall–Kier alpha value is -2.92. The lowest BCUT2D eigenvalue weighted by molar-refractivity contribution is -0.133. The van der Waals surface area contributed by atoms with Crippen molar-refractivity contribution in [3.63, 3.8) is 0 Å². The first kappa shape index (κ1) is 18.4. The Morgan fingerprint density at radius 3 is 2.46 bits per heavy atom. The van der Waals surface area contributed by atoms with Gasteiger partial charge in [0.05, 0.1) is 12.4 Å². The molecule has 2 N–H and O–H groups in total. The third-order valence-electron chi connectivity index (χ3n) is 4.98. The van der Waals surface area contributed by atoms with Gasteiger partial charge in [-0.15, -0.1) is 11.8 Å². The quantitative estimate of drug-likeness (QED) is 0.606. The predicted octanol–water partition coefficient (Wildman–Crippen LogP) is 4.88. The maximum atomic E-state index is 10.8. The van der Waals surface area contributed by atoms with E-state index < -0.39 is 5.97 Å². The zero-order valence-electron chi connectivity index (χ0n) is 15.1. The zero-order valence-corrected chi connectivity index (χ0v) is 15.9. The van der Waals surface area contributed by atoms with Gasteiger partial charge < -0.3 is 14.9 Å². The van der Waals surface area contributed by atoms with E-state index in [1.54, 1.807) is 12.1 Å². The van der Waals surface area contributed by atoms with Crippen LogP contribution in [0.5, 0.6) is 11.5 Å². The number of carboxylic acids is 1. The van der Waals surface area contributed by atoms with Crippen LogP contribution in [-0.2, 0) is 4.79 Å². The van der Waals surface area contributed by atoms with Crippen LogP contribution in [0.3, 0.4) is 0 Å². The third kappa shape index (κ3) is 3.85. The molecule has 0 fully saturated rings. The fourth-order valence-corrected chi connectivity index (χ4v) is 4.34. The number of rotatable bonds is 5. The van der Waals surface area contributed by atoms with Crippen LogP contribution < -0.4 is 4.74 Å². The van der Waals surface area contributed by atoms with Crippen LogP contribution in [0.1, 0.15) is 28.5 Å². The van der Waals surface area contributed by atoms with Gasteiger partial charge in [0.15, 0.2) is 0 Å². The summed E-state index contributed by atoms with van der Waals surface area (Å²) in [6.07, 6.45) is 0. The van der Waals surface area contributed by atoms with Gasteiger partial charge in [0.1, 0.15) is 11.5 Å². The van der Waals surface area contributed by atoms with Gasteiger partial charge in [-0.2, -0.15) is 0 Å². The number of aliphatic carboxylic acids is 1. The number of carbonyl (C=O) groups is 1.